The van der Waals surface area contributed by atoms with Gasteiger partial charge >= 0.3 is 0 Å². The fraction of sp³-hybridized carbons (Fsp3) is 0.250. The van der Waals surface area contributed by atoms with E-state index in [1.54, 1.807) is 30.1 Å². The van der Waals surface area contributed by atoms with Gasteiger partial charge < -0.3 is 0 Å². The van der Waals surface area contributed by atoms with Gasteiger partial charge in [-0.25, -0.2) is 9.97 Å². The van der Waals surface area contributed by atoms with Gasteiger partial charge in [-0.15, -0.1) is 5.10 Å². The minimum atomic E-state index is -0.417. The van der Waals surface area contributed by atoms with Gasteiger partial charge in [0.15, 0.2) is 0 Å². The Morgan fingerprint density at radius 1 is 1.24 bits per heavy atom. The second-order valence-corrected chi connectivity index (χ2v) is 6.79. The van der Waals surface area contributed by atoms with Crippen molar-refractivity contribution < 1.29 is 4.79 Å². The molecule has 128 valence electrons. The topological polar surface area (TPSA) is 98.5 Å². The van der Waals surface area contributed by atoms with E-state index in [4.69, 9.17) is 0 Å². The quantitative estimate of drug-likeness (QED) is 0.700. The van der Waals surface area contributed by atoms with Gasteiger partial charge in [-0.05, 0) is 48.9 Å². The summed E-state index contributed by atoms with van der Waals surface area (Å²) in [6.07, 6.45) is 3.14. The Morgan fingerprint density at radius 2 is 2.00 bits per heavy atom. The third-order valence-corrected chi connectivity index (χ3v) is 4.51. The van der Waals surface area contributed by atoms with Crippen molar-refractivity contribution in [2.45, 2.75) is 31.2 Å². The lowest BCUT2D eigenvalue weighted by Crippen LogP contribution is -2.24. The zero-order chi connectivity index (χ0) is 17.8. The summed E-state index contributed by atoms with van der Waals surface area (Å²) in [5, 5.41) is 14.6. The summed E-state index contributed by atoms with van der Waals surface area (Å²) in [4.78, 5) is 20.3. The van der Waals surface area contributed by atoms with E-state index >= 15 is 0 Å². The minimum Gasteiger partial charge on any atom is -0.294 e. The van der Waals surface area contributed by atoms with E-state index in [-0.39, 0.29) is 11.9 Å². The van der Waals surface area contributed by atoms with Crippen molar-refractivity contribution >= 4 is 23.6 Å². The van der Waals surface area contributed by atoms with Gasteiger partial charge in [-0.3, -0.25) is 10.1 Å². The van der Waals surface area contributed by atoms with Gasteiger partial charge in [-0.2, -0.15) is 4.68 Å². The Morgan fingerprint density at radius 3 is 2.72 bits per heavy atom. The third kappa shape index (κ3) is 4.00. The van der Waals surface area contributed by atoms with Crippen LogP contribution < -0.4 is 5.32 Å². The average molecular weight is 355 g/mol. The number of aryl methyl sites for hydroxylation is 2. The molecule has 0 aliphatic heterocycles. The lowest BCUT2D eigenvalue weighted by molar-refractivity contribution is -0.115. The summed E-state index contributed by atoms with van der Waals surface area (Å²) in [6, 6.07) is 7.72. The molecule has 3 rings (SSSR count). The molecule has 0 radical (unpaired) electrons. The number of hydrogen-bond donors (Lipinski definition) is 1. The van der Waals surface area contributed by atoms with Crippen molar-refractivity contribution in [1.29, 1.82) is 0 Å². The van der Waals surface area contributed by atoms with Crippen molar-refractivity contribution in [3.05, 3.63) is 47.8 Å². The number of aromatic nitrogens is 6. The molecule has 0 aliphatic rings. The molecule has 8 nitrogen and oxygen atoms in total. The van der Waals surface area contributed by atoms with Crippen LogP contribution in [0.1, 0.15) is 18.1 Å². The number of rotatable bonds is 5. The molecule has 0 saturated heterocycles. The highest BCUT2D eigenvalue weighted by Gasteiger charge is 2.20. The monoisotopic (exact) mass is 355 g/mol. The summed E-state index contributed by atoms with van der Waals surface area (Å²) >= 11 is 1.27. The van der Waals surface area contributed by atoms with Gasteiger partial charge in [0, 0.05) is 12.4 Å². The SMILES string of the molecule is Cc1ccc(-n2nnnc2S[C@H](C)C(=O)Nc2ncccn2)c(C)c1. The number of tetrazole rings is 1. The maximum Gasteiger partial charge on any atom is 0.240 e. The molecule has 1 amide bonds. The molecule has 1 aromatic carbocycles. The number of amides is 1. The van der Waals surface area contributed by atoms with E-state index in [0.717, 1.165) is 11.3 Å². The zero-order valence-electron chi connectivity index (χ0n) is 14.0. The molecule has 1 atom stereocenters. The molecule has 0 saturated carbocycles. The summed E-state index contributed by atoms with van der Waals surface area (Å²) in [5.74, 6) is 0.0558. The van der Waals surface area contributed by atoms with Crippen LogP contribution in [0.4, 0.5) is 5.95 Å². The molecular formula is C16H17N7OS. The Kier molecular flexibility index (Phi) is 5.03. The number of anilines is 1. The van der Waals surface area contributed by atoms with Crippen molar-refractivity contribution in [3.8, 4) is 5.69 Å². The Labute approximate surface area is 149 Å². The highest BCUT2D eigenvalue weighted by molar-refractivity contribution is 8.00. The van der Waals surface area contributed by atoms with Crippen molar-refractivity contribution in [1.82, 2.24) is 30.2 Å². The molecule has 3 aromatic rings. The number of benzene rings is 1. The van der Waals surface area contributed by atoms with E-state index in [1.807, 2.05) is 26.0 Å². The number of thioether (sulfide) groups is 1. The van der Waals surface area contributed by atoms with E-state index in [9.17, 15) is 4.79 Å². The number of nitrogens with one attached hydrogen (secondary N) is 1. The maximum absolute atomic E-state index is 12.3. The predicted octanol–water partition coefficient (Wildman–Crippen LogP) is 2.19. The van der Waals surface area contributed by atoms with E-state index < -0.39 is 5.25 Å². The Balaban J connectivity index is 1.75. The van der Waals surface area contributed by atoms with Crippen molar-refractivity contribution in [3.63, 3.8) is 0 Å². The number of carbonyl (C=O) groups excluding carboxylic acids is 1. The van der Waals surface area contributed by atoms with Gasteiger partial charge in [0.1, 0.15) is 0 Å². The smallest absolute Gasteiger partial charge is 0.240 e. The Hall–Kier alpha value is -2.81. The van der Waals surface area contributed by atoms with Gasteiger partial charge in [0.2, 0.25) is 17.0 Å². The molecule has 1 N–H and O–H groups in total. The molecule has 2 aromatic heterocycles. The van der Waals surface area contributed by atoms with Crippen LogP contribution >= 0.6 is 11.8 Å². The lowest BCUT2D eigenvalue weighted by atomic mass is 10.1. The predicted molar refractivity (Wildman–Crippen MR) is 94.6 cm³/mol. The summed E-state index contributed by atoms with van der Waals surface area (Å²) in [6.45, 7) is 5.81. The van der Waals surface area contributed by atoms with E-state index in [0.29, 0.717) is 5.16 Å². The highest BCUT2D eigenvalue weighted by atomic mass is 32.2. The largest absolute Gasteiger partial charge is 0.294 e. The molecule has 0 spiro atoms. The van der Waals surface area contributed by atoms with Gasteiger partial charge in [-0.1, -0.05) is 29.5 Å². The first-order valence-electron chi connectivity index (χ1n) is 7.65. The second-order valence-electron chi connectivity index (χ2n) is 5.48. The fourth-order valence-electron chi connectivity index (χ4n) is 2.23. The van der Waals surface area contributed by atoms with Crippen LogP contribution in [-0.4, -0.2) is 41.3 Å². The normalized spacial score (nSPS) is 12.0. The fourth-order valence-corrected chi connectivity index (χ4v) is 3.03. The van der Waals surface area contributed by atoms with Crippen LogP contribution in [-0.2, 0) is 4.79 Å². The summed E-state index contributed by atoms with van der Waals surface area (Å²) in [7, 11) is 0. The zero-order valence-corrected chi connectivity index (χ0v) is 14.9. The van der Waals surface area contributed by atoms with Crippen LogP contribution in [0.3, 0.4) is 0 Å². The van der Waals surface area contributed by atoms with Crippen LogP contribution in [0.2, 0.25) is 0 Å². The first-order chi connectivity index (χ1) is 12.0. The average Bonchev–Trinajstić information content (AvgIpc) is 3.03. The molecule has 0 unspecified atom stereocenters. The lowest BCUT2D eigenvalue weighted by Gasteiger charge is -2.12. The molecule has 0 bridgehead atoms. The summed E-state index contributed by atoms with van der Waals surface area (Å²) in [5.41, 5.74) is 3.11. The Bertz CT molecular complexity index is 881. The number of hydrogen-bond acceptors (Lipinski definition) is 7. The molecule has 0 aliphatic carbocycles. The van der Waals surface area contributed by atoms with E-state index in [1.165, 1.54) is 17.3 Å². The van der Waals surface area contributed by atoms with Crippen LogP contribution in [0.25, 0.3) is 5.69 Å². The maximum atomic E-state index is 12.3. The first kappa shape index (κ1) is 17.0. The molecule has 0 fully saturated rings. The second kappa shape index (κ2) is 7.39. The molecule has 9 heteroatoms. The number of carbonyl (C=O) groups is 1. The van der Waals surface area contributed by atoms with E-state index in [2.05, 4.69) is 36.9 Å². The highest BCUT2D eigenvalue weighted by Crippen LogP contribution is 2.25. The standard InChI is InChI=1S/C16H17N7OS/c1-10-5-6-13(11(2)9-10)23-16(20-21-22-23)25-12(3)14(24)19-15-17-7-4-8-18-15/h4-9,12H,1-3H3,(H,17,18,19,24)/t12-/m1/s1. The molecular weight excluding hydrogens is 338 g/mol. The van der Waals surface area contributed by atoms with Crippen LogP contribution in [0.5, 0.6) is 0 Å². The molecule has 2 heterocycles. The van der Waals surface area contributed by atoms with Crippen LogP contribution in [0.15, 0.2) is 41.8 Å². The minimum absolute atomic E-state index is 0.216. The van der Waals surface area contributed by atoms with Gasteiger partial charge in [0.05, 0.1) is 10.9 Å². The number of nitrogens with zero attached hydrogens (tertiary/aromatic N) is 6. The van der Waals surface area contributed by atoms with Crippen molar-refractivity contribution in [2.75, 3.05) is 5.32 Å². The van der Waals surface area contributed by atoms with Crippen LogP contribution in [0, 0.1) is 13.8 Å². The first-order valence-corrected chi connectivity index (χ1v) is 8.53. The van der Waals surface area contributed by atoms with Gasteiger partial charge in [0.25, 0.3) is 0 Å². The third-order valence-electron chi connectivity index (χ3n) is 3.47. The summed E-state index contributed by atoms with van der Waals surface area (Å²) < 4.78 is 1.64. The molecule has 25 heavy (non-hydrogen) atoms. The van der Waals surface area contributed by atoms with Crippen molar-refractivity contribution in [2.24, 2.45) is 0 Å².